The average Bonchev–Trinajstić information content (AvgIpc) is 3.05. The Morgan fingerprint density at radius 2 is 2.30 bits per heavy atom. The van der Waals surface area contributed by atoms with Crippen LogP contribution in [0.5, 0.6) is 0 Å². The number of thiophene rings is 1. The van der Waals surface area contributed by atoms with E-state index in [1.807, 2.05) is 31.4 Å². The van der Waals surface area contributed by atoms with E-state index in [1.54, 1.807) is 18.3 Å². The SMILES string of the molecule is CCC(C)(O)CNC(=O)c1sc(-c2cccs2)nc1C. The molecule has 0 bridgehead atoms. The molecule has 2 aromatic heterocycles. The summed E-state index contributed by atoms with van der Waals surface area (Å²) in [5.41, 5.74) is -0.141. The van der Waals surface area contributed by atoms with Crippen molar-refractivity contribution in [3.63, 3.8) is 0 Å². The van der Waals surface area contributed by atoms with Crippen LogP contribution in [0, 0.1) is 6.92 Å². The van der Waals surface area contributed by atoms with Gasteiger partial charge in [-0.3, -0.25) is 4.79 Å². The highest BCUT2D eigenvalue weighted by Crippen LogP contribution is 2.30. The number of carbonyl (C=O) groups is 1. The molecule has 0 aliphatic rings. The van der Waals surface area contributed by atoms with E-state index in [9.17, 15) is 9.90 Å². The number of aliphatic hydroxyl groups is 1. The Kier molecular flexibility index (Phi) is 4.57. The minimum Gasteiger partial charge on any atom is -0.388 e. The fraction of sp³-hybridized carbons (Fsp3) is 0.429. The molecule has 1 amide bonds. The van der Waals surface area contributed by atoms with Gasteiger partial charge in [0.1, 0.15) is 9.88 Å². The Morgan fingerprint density at radius 3 is 2.90 bits per heavy atom. The van der Waals surface area contributed by atoms with Gasteiger partial charge in [0, 0.05) is 6.54 Å². The second-order valence-corrected chi connectivity index (χ2v) is 6.89. The lowest BCUT2D eigenvalue weighted by atomic mass is 10.0. The number of rotatable bonds is 5. The van der Waals surface area contributed by atoms with Crippen molar-refractivity contribution in [3.05, 3.63) is 28.1 Å². The first-order valence-electron chi connectivity index (χ1n) is 6.45. The van der Waals surface area contributed by atoms with Crippen LogP contribution >= 0.6 is 22.7 Å². The number of aromatic nitrogens is 1. The van der Waals surface area contributed by atoms with Gasteiger partial charge >= 0.3 is 0 Å². The first-order chi connectivity index (χ1) is 9.43. The van der Waals surface area contributed by atoms with Gasteiger partial charge in [-0.2, -0.15) is 0 Å². The largest absolute Gasteiger partial charge is 0.388 e. The summed E-state index contributed by atoms with van der Waals surface area (Å²) in [4.78, 5) is 18.3. The molecule has 0 saturated heterocycles. The van der Waals surface area contributed by atoms with Gasteiger partial charge in [-0.15, -0.1) is 22.7 Å². The van der Waals surface area contributed by atoms with Crippen LogP contribution in [-0.4, -0.2) is 28.1 Å². The Balaban J connectivity index is 2.11. The number of nitrogens with one attached hydrogen (secondary N) is 1. The van der Waals surface area contributed by atoms with Gasteiger partial charge in [0.25, 0.3) is 5.91 Å². The molecule has 0 fully saturated rings. The predicted molar refractivity (Wildman–Crippen MR) is 83.4 cm³/mol. The number of thiazole rings is 1. The van der Waals surface area contributed by atoms with E-state index in [0.29, 0.717) is 11.3 Å². The van der Waals surface area contributed by atoms with E-state index in [4.69, 9.17) is 0 Å². The highest BCUT2D eigenvalue weighted by molar-refractivity contribution is 7.22. The zero-order valence-corrected chi connectivity index (χ0v) is 13.4. The molecule has 0 aliphatic heterocycles. The van der Waals surface area contributed by atoms with Crippen molar-refractivity contribution in [2.24, 2.45) is 0 Å². The minimum atomic E-state index is -0.870. The fourth-order valence-corrected chi connectivity index (χ4v) is 3.37. The monoisotopic (exact) mass is 310 g/mol. The smallest absolute Gasteiger partial charge is 0.263 e. The summed E-state index contributed by atoms with van der Waals surface area (Å²) in [6, 6.07) is 3.96. The molecule has 2 aromatic rings. The quantitative estimate of drug-likeness (QED) is 0.892. The molecule has 0 aromatic carbocycles. The molecule has 0 aliphatic carbocycles. The summed E-state index contributed by atoms with van der Waals surface area (Å²) in [7, 11) is 0. The van der Waals surface area contributed by atoms with Gasteiger partial charge in [-0.1, -0.05) is 13.0 Å². The zero-order chi connectivity index (χ0) is 14.8. The molecule has 1 atom stereocenters. The van der Waals surface area contributed by atoms with Crippen LogP contribution < -0.4 is 5.32 Å². The predicted octanol–water partition coefficient (Wildman–Crippen LogP) is 3.07. The maximum Gasteiger partial charge on any atom is 0.263 e. The van der Waals surface area contributed by atoms with Crippen LogP contribution in [-0.2, 0) is 0 Å². The molecule has 6 heteroatoms. The summed E-state index contributed by atoms with van der Waals surface area (Å²) in [5, 5.41) is 15.5. The van der Waals surface area contributed by atoms with Crippen LogP contribution in [0.3, 0.4) is 0 Å². The van der Waals surface area contributed by atoms with Gasteiger partial charge in [-0.25, -0.2) is 4.98 Å². The summed E-state index contributed by atoms with van der Waals surface area (Å²) in [6.07, 6.45) is 0.593. The van der Waals surface area contributed by atoms with E-state index in [1.165, 1.54) is 11.3 Å². The van der Waals surface area contributed by atoms with Crippen LogP contribution in [0.25, 0.3) is 9.88 Å². The standard InChI is InChI=1S/C14H18N2O2S2/c1-4-14(3,18)8-15-12(17)11-9(2)16-13(20-11)10-6-5-7-19-10/h5-7,18H,4,8H2,1-3H3,(H,15,17). The molecular formula is C14H18N2O2S2. The van der Waals surface area contributed by atoms with Crippen molar-refractivity contribution < 1.29 is 9.90 Å². The maximum atomic E-state index is 12.2. The van der Waals surface area contributed by atoms with Crippen molar-refractivity contribution >= 4 is 28.6 Å². The molecule has 108 valence electrons. The topological polar surface area (TPSA) is 62.2 Å². The van der Waals surface area contributed by atoms with E-state index >= 15 is 0 Å². The summed E-state index contributed by atoms with van der Waals surface area (Å²) in [6.45, 7) is 5.68. The van der Waals surface area contributed by atoms with Crippen molar-refractivity contribution in [3.8, 4) is 9.88 Å². The van der Waals surface area contributed by atoms with Gasteiger partial charge in [0.15, 0.2) is 0 Å². The minimum absolute atomic E-state index is 0.170. The lowest BCUT2D eigenvalue weighted by Crippen LogP contribution is -2.40. The lowest BCUT2D eigenvalue weighted by molar-refractivity contribution is 0.0519. The highest BCUT2D eigenvalue weighted by Gasteiger charge is 2.21. The second kappa shape index (κ2) is 6.03. The van der Waals surface area contributed by atoms with E-state index in [0.717, 1.165) is 15.6 Å². The summed E-state index contributed by atoms with van der Waals surface area (Å²) >= 11 is 3.00. The van der Waals surface area contributed by atoms with Crippen LogP contribution in [0.1, 0.15) is 35.6 Å². The number of hydrogen-bond acceptors (Lipinski definition) is 5. The third-order valence-electron chi connectivity index (χ3n) is 3.13. The fourth-order valence-electron chi connectivity index (χ4n) is 1.59. The van der Waals surface area contributed by atoms with Crippen molar-refractivity contribution in [2.45, 2.75) is 32.8 Å². The molecule has 4 nitrogen and oxygen atoms in total. The van der Waals surface area contributed by atoms with E-state index in [2.05, 4.69) is 10.3 Å². The summed E-state index contributed by atoms with van der Waals surface area (Å²) < 4.78 is 0. The molecular weight excluding hydrogens is 292 g/mol. The molecule has 2 rings (SSSR count). The van der Waals surface area contributed by atoms with Crippen LogP contribution in [0.4, 0.5) is 0 Å². The van der Waals surface area contributed by atoms with Gasteiger partial charge in [0.2, 0.25) is 0 Å². The molecule has 1 unspecified atom stereocenters. The molecule has 0 radical (unpaired) electrons. The third kappa shape index (κ3) is 3.45. The van der Waals surface area contributed by atoms with E-state index < -0.39 is 5.60 Å². The van der Waals surface area contributed by atoms with Gasteiger partial charge < -0.3 is 10.4 Å². The van der Waals surface area contributed by atoms with Crippen molar-refractivity contribution in [2.75, 3.05) is 6.54 Å². The lowest BCUT2D eigenvalue weighted by Gasteiger charge is -2.21. The number of nitrogens with zero attached hydrogens (tertiary/aromatic N) is 1. The van der Waals surface area contributed by atoms with Gasteiger partial charge in [-0.05, 0) is 31.7 Å². The van der Waals surface area contributed by atoms with E-state index in [-0.39, 0.29) is 12.5 Å². The van der Waals surface area contributed by atoms with Crippen LogP contribution in [0.15, 0.2) is 17.5 Å². The number of aryl methyl sites for hydroxylation is 1. The van der Waals surface area contributed by atoms with Gasteiger partial charge in [0.05, 0.1) is 16.2 Å². The molecule has 0 saturated carbocycles. The van der Waals surface area contributed by atoms with Crippen molar-refractivity contribution in [1.82, 2.24) is 10.3 Å². The Bertz CT molecular complexity index is 588. The number of hydrogen-bond donors (Lipinski definition) is 2. The Morgan fingerprint density at radius 1 is 1.55 bits per heavy atom. The Hall–Kier alpha value is -1.24. The third-order valence-corrected chi connectivity index (χ3v) is 5.32. The van der Waals surface area contributed by atoms with Crippen molar-refractivity contribution in [1.29, 1.82) is 0 Å². The molecule has 0 spiro atoms. The first-order valence-corrected chi connectivity index (χ1v) is 8.14. The average molecular weight is 310 g/mol. The second-order valence-electron chi connectivity index (χ2n) is 4.94. The Labute approximate surface area is 126 Å². The zero-order valence-electron chi connectivity index (χ0n) is 11.8. The molecule has 2 N–H and O–H groups in total. The maximum absolute atomic E-state index is 12.2. The molecule has 20 heavy (non-hydrogen) atoms. The summed E-state index contributed by atoms with van der Waals surface area (Å²) in [5.74, 6) is -0.170. The highest BCUT2D eigenvalue weighted by atomic mass is 32.1. The van der Waals surface area contributed by atoms with Crippen LogP contribution in [0.2, 0.25) is 0 Å². The first kappa shape index (κ1) is 15.2. The number of carbonyl (C=O) groups excluding carboxylic acids is 1. The normalized spacial score (nSPS) is 14.0. The number of amides is 1. The molecule has 2 heterocycles.